The van der Waals surface area contributed by atoms with Crippen molar-refractivity contribution in [3.05, 3.63) is 37.0 Å². The van der Waals surface area contributed by atoms with Crippen LogP contribution in [0.5, 0.6) is 0 Å². The van der Waals surface area contributed by atoms with Gasteiger partial charge in [-0.1, -0.05) is 25.3 Å². The van der Waals surface area contributed by atoms with Crippen LogP contribution in [0.2, 0.25) is 0 Å². The molecule has 0 amide bonds. The fourth-order valence-electron chi connectivity index (χ4n) is 0.561. The molecule has 0 unspecified atom stereocenters. The van der Waals surface area contributed by atoms with Crippen LogP contribution in [0.4, 0.5) is 0 Å². The summed E-state index contributed by atoms with van der Waals surface area (Å²) in [7, 11) is 0. The van der Waals surface area contributed by atoms with Crippen LogP contribution >= 0.6 is 0 Å². The Hall–Kier alpha value is -1.31. The zero-order valence-electron chi connectivity index (χ0n) is 6.67. The summed E-state index contributed by atoms with van der Waals surface area (Å²) >= 11 is 0. The zero-order valence-corrected chi connectivity index (χ0v) is 6.67. The Bertz CT molecular complexity index is 190. The van der Waals surface area contributed by atoms with Gasteiger partial charge in [-0.05, 0) is 13.0 Å². The van der Waals surface area contributed by atoms with E-state index in [-0.39, 0.29) is 5.97 Å². The van der Waals surface area contributed by atoms with Gasteiger partial charge in [0.05, 0.1) is 12.2 Å². The quantitative estimate of drug-likeness (QED) is 0.349. The molecule has 0 aromatic heterocycles. The molecule has 0 bridgehead atoms. The van der Waals surface area contributed by atoms with E-state index in [2.05, 4.69) is 13.2 Å². The number of hydrogen-bond donors (Lipinski definition) is 0. The van der Waals surface area contributed by atoms with Gasteiger partial charge < -0.3 is 4.74 Å². The lowest BCUT2D eigenvalue weighted by molar-refractivity contribution is -0.138. The first-order valence-corrected chi connectivity index (χ1v) is 3.38. The van der Waals surface area contributed by atoms with Gasteiger partial charge in [-0.2, -0.15) is 0 Å². The first-order chi connectivity index (χ1) is 5.26. The molecular weight excluding hydrogens is 140 g/mol. The van der Waals surface area contributed by atoms with E-state index in [4.69, 9.17) is 4.74 Å². The molecule has 60 valence electrons. The van der Waals surface area contributed by atoms with E-state index in [1.165, 1.54) is 12.2 Å². The monoisotopic (exact) mass is 152 g/mol. The van der Waals surface area contributed by atoms with Crippen molar-refractivity contribution in [2.75, 3.05) is 6.61 Å². The highest BCUT2D eigenvalue weighted by Crippen LogP contribution is 1.98. The molecule has 0 radical (unpaired) electrons. The maximum atomic E-state index is 11.0. The maximum Gasteiger partial charge on any atom is 0.338 e. The smallest absolute Gasteiger partial charge is 0.338 e. The molecule has 0 fully saturated rings. The first kappa shape index (κ1) is 9.69. The van der Waals surface area contributed by atoms with Crippen molar-refractivity contribution in [1.29, 1.82) is 0 Å². The topological polar surface area (TPSA) is 26.3 Å². The van der Waals surface area contributed by atoms with Crippen molar-refractivity contribution < 1.29 is 9.53 Å². The minimum Gasteiger partial charge on any atom is -0.462 e. The molecule has 0 aromatic rings. The van der Waals surface area contributed by atoms with Crippen LogP contribution < -0.4 is 0 Å². The molecule has 0 saturated heterocycles. The molecule has 2 heteroatoms. The molecule has 2 nitrogen and oxygen atoms in total. The van der Waals surface area contributed by atoms with Crippen LogP contribution in [0.25, 0.3) is 0 Å². The summed E-state index contributed by atoms with van der Waals surface area (Å²) in [5.41, 5.74) is 0.432. The second-order valence-corrected chi connectivity index (χ2v) is 1.78. The summed E-state index contributed by atoms with van der Waals surface area (Å²) in [4.78, 5) is 11.0. The van der Waals surface area contributed by atoms with Gasteiger partial charge in [0.25, 0.3) is 0 Å². The Balaban J connectivity index is 4.25. The van der Waals surface area contributed by atoms with Crippen LogP contribution in [0.3, 0.4) is 0 Å². The van der Waals surface area contributed by atoms with E-state index in [0.717, 1.165) is 0 Å². The average Bonchev–Trinajstić information content (AvgIpc) is 2.00. The lowest BCUT2D eigenvalue weighted by Crippen LogP contribution is -2.05. The summed E-state index contributed by atoms with van der Waals surface area (Å²) in [6, 6.07) is 0. The third-order valence-electron chi connectivity index (χ3n) is 1.03. The molecule has 0 atom stereocenters. The van der Waals surface area contributed by atoms with Crippen LogP contribution in [0.15, 0.2) is 37.0 Å². The second-order valence-electron chi connectivity index (χ2n) is 1.78. The normalized spacial score (nSPS) is 10.5. The molecule has 0 rings (SSSR count). The van der Waals surface area contributed by atoms with Crippen molar-refractivity contribution in [3.63, 3.8) is 0 Å². The fraction of sp³-hybridized carbons (Fsp3) is 0.222. The second kappa shape index (κ2) is 5.47. The number of carbonyl (C=O) groups excluding carboxylic acids is 1. The van der Waals surface area contributed by atoms with E-state index in [9.17, 15) is 4.79 Å². The van der Waals surface area contributed by atoms with E-state index in [0.29, 0.717) is 12.2 Å². The Morgan fingerprint density at radius 2 is 2.18 bits per heavy atom. The molecule has 0 spiro atoms. The van der Waals surface area contributed by atoms with E-state index in [1.807, 2.05) is 0 Å². The molecule has 0 aromatic carbocycles. The third kappa shape index (κ3) is 3.40. The Labute approximate surface area is 66.9 Å². The predicted molar refractivity (Wildman–Crippen MR) is 45.1 cm³/mol. The molecule has 0 aliphatic carbocycles. The van der Waals surface area contributed by atoms with Crippen molar-refractivity contribution in [2.24, 2.45) is 0 Å². The largest absolute Gasteiger partial charge is 0.462 e. The van der Waals surface area contributed by atoms with Crippen molar-refractivity contribution in [3.8, 4) is 0 Å². The molecular formula is C9H12O2. The molecule has 0 aliphatic rings. The SMILES string of the molecule is C=C/C=C(\C=C)C(=O)OCC. The summed E-state index contributed by atoms with van der Waals surface area (Å²) in [6.45, 7) is 9.06. The number of rotatable bonds is 4. The van der Waals surface area contributed by atoms with Crippen molar-refractivity contribution in [1.82, 2.24) is 0 Å². The number of allylic oxidation sites excluding steroid dienone is 2. The summed E-state index contributed by atoms with van der Waals surface area (Å²) in [5.74, 6) is -0.359. The minimum atomic E-state index is -0.359. The first-order valence-electron chi connectivity index (χ1n) is 3.38. The van der Waals surface area contributed by atoms with Gasteiger partial charge in [0.15, 0.2) is 0 Å². The average molecular weight is 152 g/mol. The summed E-state index contributed by atoms with van der Waals surface area (Å²) in [6.07, 6.45) is 4.53. The van der Waals surface area contributed by atoms with E-state index in [1.54, 1.807) is 13.0 Å². The standard InChI is InChI=1S/C9H12O2/c1-4-7-8(5-2)9(10)11-6-3/h4-5,7H,1-2,6H2,3H3/b8-7+. The van der Waals surface area contributed by atoms with E-state index < -0.39 is 0 Å². The molecule has 0 aliphatic heterocycles. The van der Waals surface area contributed by atoms with Crippen LogP contribution in [0.1, 0.15) is 6.92 Å². The van der Waals surface area contributed by atoms with Crippen LogP contribution in [-0.4, -0.2) is 12.6 Å². The molecule has 11 heavy (non-hydrogen) atoms. The molecule has 0 saturated carbocycles. The highest BCUT2D eigenvalue weighted by atomic mass is 16.5. The number of hydrogen-bond acceptors (Lipinski definition) is 2. The van der Waals surface area contributed by atoms with Crippen molar-refractivity contribution >= 4 is 5.97 Å². The Kier molecular flexibility index (Phi) is 4.82. The van der Waals surface area contributed by atoms with E-state index >= 15 is 0 Å². The predicted octanol–water partition coefficient (Wildman–Crippen LogP) is 1.85. The van der Waals surface area contributed by atoms with Crippen LogP contribution in [0, 0.1) is 0 Å². The van der Waals surface area contributed by atoms with Gasteiger partial charge in [-0.15, -0.1) is 0 Å². The lowest BCUT2D eigenvalue weighted by atomic mass is 10.2. The van der Waals surface area contributed by atoms with Crippen LogP contribution in [-0.2, 0) is 9.53 Å². The molecule has 0 heterocycles. The number of carbonyl (C=O) groups is 1. The fourth-order valence-corrected chi connectivity index (χ4v) is 0.561. The van der Waals surface area contributed by atoms with Gasteiger partial charge in [0, 0.05) is 0 Å². The minimum absolute atomic E-state index is 0.359. The number of esters is 1. The van der Waals surface area contributed by atoms with Crippen molar-refractivity contribution in [2.45, 2.75) is 6.92 Å². The zero-order chi connectivity index (χ0) is 8.69. The Morgan fingerprint density at radius 1 is 1.55 bits per heavy atom. The maximum absolute atomic E-state index is 11.0. The highest BCUT2D eigenvalue weighted by molar-refractivity contribution is 5.91. The third-order valence-corrected chi connectivity index (χ3v) is 1.03. The van der Waals surface area contributed by atoms with Gasteiger partial charge in [-0.3, -0.25) is 0 Å². The summed E-state index contributed by atoms with van der Waals surface area (Å²) in [5, 5.41) is 0. The van der Waals surface area contributed by atoms with Gasteiger partial charge >= 0.3 is 5.97 Å². The van der Waals surface area contributed by atoms with Gasteiger partial charge in [-0.25, -0.2) is 4.79 Å². The highest BCUT2D eigenvalue weighted by Gasteiger charge is 2.03. The molecule has 0 N–H and O–H groups in total. The number of ether oxygens (including phenoxy) is 1. The van der Waals surface area contributed by atoms with Gasteiger partial charge in [0.2, 0.25) is 0 Å². The Morgan fingerprint density at radius 3 is 2.55 bits per heavy atom. The lowest BCUT2D eigenvalue weighted by Gasteiger charge is -1.99. The van der Waals surface area contributed by atoms with Gasteiger partial charge in [0.1, 0.15) is 0 Å². The summed E-state index contributed by atoms with van der Waals surface area (Å²) < 4.78 is 4.72.